The van der Waals surface area contributed by atoms with Crippen LogP contribution >= 0.6 is 0 Å². The van der Waals surface area contributed by atoms with Gasteiger partial charge in [0.25, 0.3) is 0 Å². The van der Waals surface area contributed by atoms with E-state index in [1.165, 1.54) is 24.9 Å². The molecule has 0 amide bonds. The molecule has 17 heavy (non-hydrogen) atoms. The highest BCUT2D eigenvalue weighted by Gasteiger charge is 2.24. The molecule has 1 unspecified atom stereocenters. The first-order chi connectivity index (χ1) is 8.40. The zero-order valence-corrected chi connectivity index (χ0v) is 10.3. The van der Waals surface area contributed by atoms with Gasteiger partial charge in [-0.25, -0.2) is 0 Å². The minimum Gasteiger partial charge on any atom is -0.379 e. The van der Waals surface area contributed by atoms with Gasteiger partial charge in [0.15, 0.2) is 0 Å². The second-order valence-corrected chi connectivity index (χ2v) is 4.62. The number of benzene rings is 1. The number of hydrogen-bond acceptors (Lipinski definition) is 3. The van der Waals surface area contributed by atoms with E-state index in [2.05, 4.69) is 35.2 Å². The average Bonchev–Trinajstić information content (AvgIpc) is 2.79. The largest absolute Gasteiger partial charge is 0.379 e. The standard InChI is InChI=1S/C14H22N2O/c15-8-10-17-12-14-7-4-9-16(14)11-13-5-2-1-3-6-13/h1-3,5-6,14H,4,7-12,15H2. The number of likely N-dealkylation sites (tertiary alicyclic amines) is 1. The molecule has 2 rings (SSSR count). The summed E-state index contributed by atoms with van der Waals surface area (Å²) in [6.07, 6.45) is 2.53. The first-order valence-electron chi connectivity index (χ1n) is 6.46. The Morgan fingerprint density at radius 1 is 1.29 bits per heavy atom. The molecule has 1 aliphatic heterocycles. The van der Waals surface area contributed by atoms with Gasteiger partial charge in [0.05, 0.1) is 13.2 Å². The van der Waals surface area contributed by atoms with Crippen LogP contribution in [0.25, 0.3) is 0 Å². The lowest BCUT2D eigenvalue weighted by atomic mass is 10.2. The van der Waals surface area contributed by atoms with Crippen LogP contribution in [0.15, 0.2) is 30.3 Å². The molecule has 1 heterocycles. The van der Waals surface area contributed by atoms with E-state index in [0.717, 1.165) is 13.2 Å². The van der Waals surface area contributed by atoms with Gasteiger partial charge < -0.3 is 10.5 Å². The molecule has 1 aliphatic rings. The predicted octanol–water partition coefficient (Wildman–Crippen LogP) is 1.63. The van der Waals surface area contributed by atoms with Gasteiger partial charge in [0, 0.05) is 19.1 Å². The highest BCUT2D eigenvalue weighted by atomic mass is 16.5. The fourth-order valence-electron chi connectivity index (χ4n) is 2.41. The van der Waals surface area contributed by atoms with Gasteiger partial charge >= 0.3 is 0 Å². The van der Waals surface area contributed by atoms with Crippen LogP contribution in [0.2, 0.25) is 0 Å². The minimum absolute atomic E-state index is 0.571. The zero-order valence-electron chi connectivity index (χ0n) is 10.3. The molecular weight excluding hydrogens is 212 g/mol. The molecule has 1 aromatic rings. The topological polar surface area (TPSA) is 38.5 Å². The molecule has 1 fully saturated rings. The molecule has 94 valence electrons. The van der Waals surface area contributed by atoms with E-state index in [1.807, 2.05) is 0 Å². The molecule has 0 radical (unpaired) electrons. The van der Waals surface area contributed by atoms with Crippen LogP contribution in [-0.2, 0) is 11.3 Å². The third-order valence-electron chi connectivity index (χ3n) is 3.30. The Kier molecular flexibility index (Phi) is 4.98. The molecule has 2 N–H and O–H groups in total. The highest BCUT2D eigenvalue weighted by molar-refractivity contribution is 5.14. The van der Waals surface area contributed by atoms with E-state index in [9.17, 15) is 0 Å². The van der Waals surface area contributed by atoms with Crippen LogP contribution in [0.3, 0.4) is 0 Å². The monoisotopic (exact) mass is 234 g/mol. The van der Waals surface area contributed by atoms with Gasteiger partial charge in [-0.2, -0.15) is 0 Å². The normalized spacial score (nSPS) is 20.9. The number of nitrogens with zero attached hydrogens (tertiary/aromatic N) is 1. The molecule has 1 atom stereocenters. The first-order valence-corrected chi connectivity index (χ1v) is 6.46. The first kappa shape index (κ1) is 12.6. The Morgan fingerprint density at radius 3 is 2.88 bits per heavy atom. The summed E-state index contributed by atoms with van der Waals surface area (Å²) in [5.74, 6) is 0. The van der Waals surface area contributed by atoms with E-state index < -0.39 is 0 Å². The average molecular weight is 234 g/mol. The second-order valence-electron chi connectivity index (χ2n) is 4.62. The zero-order chi connectivity index (χ0) is 11.9. The van der Waals surface area contributed by atoms with Gasteiger partial charge in [-0.1, -0.05) is 30.3 Å². The van der Waals surface area contributed by atoms with Crippen molar-refractivity contribution in [2.45, 2.75) is 25.4 Å². The number of hydrogen-bond donors (Lipinski definition) is 1. The molecule has 1 saturated heterocycles. The Hall–Kier alpha value is -0.900. The van der Waals surface area contributed by atoms with Crippen molar-refractivity contribution < 1.29 is 4.74 Å². The van der Waals surface area contributed by atoms with Crippen molar-refractivity contribution in [2.24, 2.45) is 5.73 Å². The smallest absolute Gasteiger partial charge is 0.0622 e. The van der Waals surface area contributed by atoms with Gasteiger partial charge in [-0.3, -0.25) is 4.90 Å². The van der Waals surface area contributed by atoms with Crippen LogP contribution < -0.4 is 5.73 Å². The van der Waals surface area contributed by atoms with Crippen molar-refractivity contribution in [3.05, 3.63) is 35.9 Å². The maximum absolute atomic E-state index is 5.57. The summed E-state index contributed by atoms with van der Waals surface area (Å²) >= 11 is 0. The minimum atomic E-state index is 0.571. The Balaban J connectivity index is 1.82. The maximum Gasteiger partial charge on any atom is 0.0622 e. The predicted molar refractivity (Wildman–Crippen MR) is 69.7 cm³/mol. The molecule has 3 heteroatoms. The summed E-state index contributed by atoms with van der Waals surface area (Å²) in [6.45, 7) is 4.34. The van der Waals surface area contributed by atoms with Crippen LogP contribution in [0.4, 0.5) is 0 Å². The summed E-state index contributed by atoms with van der Waals surface area (Å²) in [5.41, 5.74) is 6.82. The van der Waals surface area contributed by atoms with E-state index >= 15 is 0 Å². The lowest BCUT2D eigenvalue weighted by molar-refractivity contribution is 0.0789. The third-order valence-corrected chi connectivity index (χ3v) is 3.30. The SMILES string of the molecule is NCCOCC1CCCN1Cc1ccccc1. The van der Waals surface area contributed by atoms with Crippen molar-refractivity contribution in [3.63, 3.8) is 0 Å². The number of ether oxygens (including phenoxy) is 1. The molecule has 0 aliphatic carbocycles. The van der Waals surface area contributed by atoms with Gasteiger partial charge in [-0.15, -0.1) is 0 Å². The van der Waals surface area contributed by atoms with Gasteiger partial charge in [0.2, 0.25) is 0 Å². The van der Waals surface area contributed by atoms with Crippen molar-refractivity contribution in [3.8, 4) is 0 Å². The molecular formula is C14H22N2O. The third kappa shape index (κ3) is 3.80. The Bertz CT molecular complexity index is 315. The summed E-state index contributed by atoms with van der Waals surface area (Å²) in [7, 11) is 0. The van der Waals surface area contributed by atoms with Crippen LogP contribution in [0.1, 0.15) is 18.4 Å². The van der Waals surface area contributed by atoms with Crippen LogP contribution in [0.5, 0.6) is 0 Å². The molecule has 0 saturated carbocycles. The fraction of sp³-hybridized carbons (Fsp3) is 0.571. The molecule has 1 aromatic carbocycles. The van der Waals surface area contributed by atoms with Gasteiger partial charge in [-0.05, 0) is 24.9 Å². The summed E-state index contributed by atoms with van der Waals surface area (Å²) in [4.78, 5) is 2.52. The number of nitrogens with two attached hydrogens (primary N) is 1. The van der Waals surface area contributed by atoms with E-state index in [-0.39, 0.29) is 0 Å². The lowest BCUT2D eigenvalue weighted by Gasteiger charge is -2.24. The lowest BCUT2D eigenvalue weighted by Crippen LogP contribution is -2.33. The van der Waals surface area contributed by atoms with E-state index in [1.54, 1.807) is 0 Å². The second kappa shape index (κ2) is 6.74. The summed E-state index contributed by atoms with van der Waals surface area (Å²) in [5, 5.41) is 0. The Labute approximate surface area is 104 Å². The van der Waals surface area contributed by atoms with E-state index in [0.29, 0.717) is 19.2 Å². The summed E-state index contributed by atoms with van der Waals surface area (Å²) < 4.78 is 5.57. The van der Waals surface area contributed by atoms with Crippen molar-refractivity contribution in [1.29, 1.82) is 0 Å². The van der Waals surface area contributed by atoms with Crippen molar-refractivity contribution >= 4 is 0 Å². The van der Waals surface area contributed by atoms with E-state index in [4.69, 9.17) is 10.5 Å². The Morgan fingerprint density at radius 2 is 2.12 bits per heavy atom. The highest BCUT2D eigenvalue weighted by Crippen LogP contribution is 2.20. The quantitative estimate of drug-likeness (QED) is 0.760. The van der Waals surface area contributed by atoms with Crippen molar-refractivity contribution in [2.75, 3.05) is 26.3 Å². The molecule has 3 nitrogen and oxygen atoms in total. The molecule has 0 bridgehead atoms. The van der Waals surface area contributed by atoms with Crippen molar-refractivity contribution in [1.82, 2.24) is 4.90 Å². The maximum atomic E-state index is 5.57. The van der Waals surface area contributed by atoms with Crippen LogP contribution in [0, 0.1) is 0 Å². The molecule has 0 spiro atoms. The molecule has 0 aromatic heterocycles. The summed E-state index contributed by atoms with van der Waals surface area (Å²) in [6, 6.07) is 11.2. The van der Waals surface area contributed by atoms with Gasteiger partial charge in [0.1, 0.15) is 0 Å². The number of rotatable bonds is 6. The fourth-order valence-corrected chi connectivity index (χ4v) is 2.41. The van der Waals surface area contributed by atoms with Crippen LogP contribution in [-0.4, -0.2) is 37.2 Å².